The van der Waals surface area contributed by atoms with Crippen LogP contribution in [0, 0.1) is 0 Å². The number of hydrogen-bond acceptors (Lipinski definition) is 4. The summed E-state index contributed by atoms with van der Waals surface area (Å²) in [5.41, 5.74) is 0. The van der Waals surface area contributed by atoms with Crippen molar-refractivity contribution in [2.45, 2.75) is 6.10 Å². The molecule has 0 saturated carbocycles. The molecule has 11 heavy (non-hydrogen) atoms. The maximum Gasteiger partial charge on any atom is 1.00 e. The summed E-state index contributed by atoms with van der Waals surface area (Å²) in [6.07, 6.45) is -0.0845. The van der Waals surface area contributed by atoms with Gasteiger partial charge in [-0.05, 0) is 12.2 Å². The Bertz CT molecular complexity index is 132. The number of rotatable bonds is 1. The summed E-state index contributed by atoms with van der Waals surface area (Å²) in [7, 11) is 0. The van der Waals surface area contributed by atoms with Crippen molar-refractivity contribution in [1.82, 2.24) is 0 Å². The fraction of sp³-hybridized carbons (Fsp3) is 0.800. The molecule has 1 saturated heterocycles. The second kappa shape index (κ2) is 7.22. The van der Waals surface area contributed by atoms with Crippen LogP contribution in [0.1, 0.15) is 1.43 Å². The Hall–Kier alpha value is 1.80. The van der Waals surface area contributed by atoms with Crippen LogP contribution in [0.2, 0.25) is 0 Å². The Morgan fingerprint density at radius 1 is 1.55 bits per heavy atom. The second-order valence-corrected chi connectivity index (χ2v) is 2.94. The van der Waals surface area contributed by atoms with Crippen molar-refractivity contribution in [2.24, 2.45) is 0 Å². The molecule has 1 heterocycles. The first-order chi connectivity index (χ1) is 4.79. The van der Waals surface area contributed by atoms with Gasteiger partial charge in [-0.1, -0.05) is 12.6 Å². The van der Waals surface area contributed by atoms with Crippen molar-refractivity contribution < 1.29 is 67.0 Å². The molecule has 0 spiro atoms. The molecule has 1 rings (SSSR count). The Kier molecular flexibility index (Phi) is 8.40. The number of thiol groups is 1. The standard InChI is InChI=1S/C5H8O3S2.K.H/c9-5(10)8-4-1-6-3-7-2-4;;/h4H,1-3H2,(H,9,10);;/q;+1;-1. The van der Waals surface area contributed by atoms with Gasteiger partial charge in [-0.25, -0.2) is 0 Å². The maximum absolute atomic E-state index is 5.04. The molecule has 0 radical (unpaired) electrons. The van der Waals surface area contributed by atoms with Crippen LogP contribution >= 0.6 is 24.8 Å². The molecule has 1 aliphatic rings. The molecule has 0 aliphatic carbocycles. The summed E-state index contributed by atoms with van der Waals surface area (Å²) in [6.45, 7) is 1.40. The fourth-order valence-electron chi connectivity index (χ4n) is 0.677. The van der Waals surface area contributed by atoms with Gasteiger partial charge < -0.3 is 15.6 Å². The average Bonchev–Trinajstić information content (AvgIpc) is 1.88. The third kappa shape index (κ3) is 5.95. The van der Waals surface area contributed by atoms with E-state index in [0.717, 1.165) is 0 Å². The van der Waals surface area contributed by atoms with Gasteiger partial charge in [0.25, 0.3) is 0 Å². The van der Waals surface area contributed by atoms with Crippen LogP contribution in [-0.2, 0) is 14.2 Å². The van der Waals surface area contributed by atoms with Crippen LogP contribution in [-0.4, -0.2) is 30.5 Å². The minimum absolute atomic E-state index is 0. The zero-order chi connectivity index (χ0) is 7.40. The molecular formula is C5H9KO3S2. The van der Waals surface area contributed by atoms with Crippen LogP contribution in [0.5, 0.6) is 0 Å². The molecule has 0 amide bonds. The predicted octanol–water partition coefficient (Wildman–Crippen LogP) is -2.29. The van der Waals surface area contributed by atoms with E-state index in [1.54, 1.807) is 0 Å². The van der Waals surface area contributed by atoms with Gasteiger partial charge in [0, 0.05) is 0 Å². The van der Waals surface area contributed by atoms with E-state index in [1.807, 2.05) is 0 Å². The maximum atomic E-state index is 5.04. The Labute approximate surface area is 120 Å². The molecule has 6 heteroatoms. The van der Waals surface area contributed by atoms with Gasteiger partial charge in [0.1, 0.15) is 12.9 Å². The van der Waals surface area contributed by atoms with E-state index < -0.39 is 0 Å². The fourth-order valence-corrected chi connectivity index (χ4v) is 0.962. The third-order valence-corrected chi connectivity index (χ3v) is 1.24. The van der Waals surface area contributed by atoms with Crippen molar-refractivity contribution in [1.29, 1.82) is 0 Å². The molecule has 0 bridgehead atoms. The van der Waals surface area contributed by atoms with Crippen LogP contribution in [0.3, 0.4) is 0 Å². The molecule has 1 fully saturated rings. The van der Waals surface area contributed by atoms with E-state index in [4.69, 9.17) is 14.2 Å². The molecule has 0 aromatic rings. The van der Waals surface area contributed by atoms with Gasteiger partial charge >= 0.3 is 51.4 Å². The quantitative estimate of drug-likeness (QED) is 0.306. The average molecular weight is 220 g/mol. The summed E-state index contributed by atoms with van der Waals surface area (Å²) in [5.74, 6) is 0. The van der Waals surface area contributed by atoms with Gasteiger partial charge in [-0.2, -0.15) is 0 Å². The minimum atomic E-state index is -0.0845. The van der Waals surface area contributed by atoms with Crippen molar-refractivity contribution in [3.8, 4) is 0 Å². The van der Waals surface area contributed by atoms with Crippen molar-refractivity contribution in [2.75, 3.05) is 20.0 Å². The predicted molar refractivity (Wildman–Crippen MR) is 44.3 cm³/mol. The molecule has 0 atom stereocenters. The van der Waals surface area contributed by atoms with Gasteiger partial charge in [-0.3, -0.25) is 0 Å². The van der Waals surface area contributed by atoms with Crippen LogP contribution in [0.4, 0.5) is 0 Å². The van der Waals surface area contributed by atoms with Gasteiger partial charge in [0.05, 0.1) is 13.2 Å². The molecular weight excluding hydrogens is 211 g/mol. The number of hydrogen-bond donors (Lipinski definition) is 1. The first kappa shape index (κ1) is 12.8. The Morgan fingerprint density at radius 3 is 2.55 bits per heavy atom. The van der Waals surface area contributed by atoms with E-state index in [9.17, 15) is 0 Å². The zero-order valence-corrected chi connectivity index (χ0v) is 11.1. The van der Waals surface area contributed by atoms with Gasteiger partial charge in [0.2, 0.25) is 4.38 Å². The normalized spacial score (nSPS) is 18.6. The molecule has 1 aliphatic heterocycles. The summed E-state index contributed by atoms with van der Waals surface area (Å²) in [5, 5.41) is 0. The minimum Gasteiger partial charge on any atom is -1.00 e. The molecule has 0 N–H and O–H groups in total. The topological polar surface area (TPSA) is 27.7 Å². The van der Waals surface area contributed by atoms with Crippen molar-refractivity contribution in [3.05, 3.63) is 0 Å². The van der Waals surface area contributed by atoms with E-state index in [1.165, 1.54) is 0 Å². The summed E-state index contributed by atoms with van der Waals surface area (Å²) in [6, 6.07) is 0. The molecule has 3 nitrogen and oxygen atoms in total. The van der Waals surface area contributed by atoms with Crippen LogP contribution in [0.25, 0.3) is 0 Å². The zero-order valence-electron chi connectivity index (χ0n) is 7.28. The monoisotopic (exact) mass is 220 g/mol. The van der Waals surface area contributed by atoms with E-state index in [0.29, 0.717) is 20.0 Å². The first-order valence-corrected chi connectivity index (χ1v) is 3.69. The van der Waals surface area contributed by atoms with E-state index in [2.05, 4.69) is 24.8 Å². The van der Waals surface area contributed by atoms with Crippen molar-refractivity contribution >= 4 is 29.2 Å². The van der Waals surface area contributed by atoms with E-state index >= 15 is 0 Å². The summed E-state index contributed by atoms with van der Waals surface area (Å²) in [4.78, 5) is 0. The van der Waals surface area contributed by atoms with E-state index in [-0.39, 0.29) is 63.3 Å². The largest absolute Gasteiger partial charge is 1.00 e. The second-order valence-electron chi connectivity index (χ2n) is 1.87. The molecule has 0 unspecified atom stereocenters. The molecule has 0 aromatic heterocycles. The smallest absolute Gasteiger partial charge is 1.00 e. The summed E-state index contributed by atoms with van der Waals surface area (Å²) < 4.78 is 15.2. The van der Waals surface area contributed by atoms with Gasteiger partial charge in [0.15, 0.2) is 0 Å². The first-order valence-electron chi connectivity index (χ1n) is 2.84. The molecule has 60 valence electrons. The Balaban J connectivity index is 0. The summed E-state index contributed by atoms with van der Waals surface area (Å²) >= 11 is 8.41. The SMILES string of the molecule is S=C(S)OC1COCOC1.[H-].[K+]. The third-order valence-electron chi connectivity index (χ3n) is 1.04. The number of thiocarbonyl (C=S) groups is 1. The van der Waals surface area contributed by atoms with Crippen molar-refractivity contribution in [3.63, 3.8) is 0 Å². The molecule has 0 aromatic carbocycles. The Morgan fingerprint density at radius 2 is 2.09 bits per heavy atom. The number of ether oxygens (including phenoxy) is 3. The van der Waals surface area contributed by atoms with Gasteiger partial charge in [-0.15, -0.1) is 0 Å². The van der Waals surface area contributed by atoms with Crippen LogP contribution < -0.4 is 51.4 Å². The van der Waals surface area contributed by atoms with Crippen LogP contribution in [0.15, 0.2) is 0 Å².